The molecule has 3 nitrogen and oxygen atoms in total. The Hall–Kier alpha value is -3.24. The first kappa shape index (κ1) is 19.1. The van der Waals surface area contributed by atoms with Gasteiger partial charge in [-0.15, -0.1) is 0 Å². The van der Waals surface area contributed by atoms with E-state index in [0.29, 0.717) is 6.54 Å². The summed E-state index contributed by atoms with van der Waals surface area (Å²) in [5, 5.41) is 4.36. The Kier molecular flexibility index (Phi) is 5.82. The van der Waals surface area contributed by atoms with Gasteiger partial charge in [-0.05, 0) is 42.3 Å². The monoisotopic (exact) mass is 386 g/mol. The molecule has 2 N–H and O–H groups in total. The average molecular weight is 386 g/mol. The number of para-hydroxylation sites is 1. The number of H-pyrrole nitrogens is 1. The molecule has 0 bridgehead atoms. The van der Waals surface area contributed by atoms with Crippen LogP contribution >= 0.6 is 0 Å². The van der Waals surface area contributed by atoms with E-state index in [-0.39, 0.29) is 17.5 Å². The van der Waals surface area contributed by atoms with E-state index in [9.17, 15) is 9.18 Å². The van der Waals surface area contributed by atoms with Crippen LogP contribution in [0.15, 0.2) is 85.1 Å². The van der Waals surface area contributed by atoms with Gasteiger partial charge in [-0.25, -0.2) is 4.39 Å². The van der Waals surface area contributed by atoms with Gasteiger partial charge in [0.15, 0.2) is 5.78 Å². The maximum absolute atomic E-state index is 13.4. The summed E-state index contributed by atoms with van der Waals surface area (Å²) >= 11 is 0. The minimum absolute atomic E-state index is 0.0999. The van der Waals surface area contributed by atoms with Crippen molar-refractivity contribution in [1.82, 2.24) is 10.3 Å². The van der Waals surface area contributed by atoms with E-state index in [2.05, 4.69) is 10.3 Å². The van der Waals surface area contributed by atoms with Crippen molar-refractivity contribution < 1.29 is 9.18 Å². The Labute approximate surface area is 169 Å². The summed E-state index contributed by atoms with van der Waals surface area (Å²) in [6, 6.07) is 24.3. The number of hydrogen-bond acceptors (Lipinski definition) is 2. The normalized spacial score (nSPS) is 12.2. The number of fused-ring (bicyclic) bond motifs is 1. The van der Waals surface area contributed by atoms with Gasteiger partial charge in [0.05, 0.1) is 5.92 Å². The number of benzene rings is 3. The first-order valence-corrected chi connectivity index (χ1v) is 9.83. The summed E-state index contributed by atoms with van der Waals surface area (Å²) in [5.74, 6) is -0.401. The summed E-state index contributed by atoms with van der Waals surface area (Å²) in [6.45, 7) is 1.26. The summed E-state index contributed by atoms with van der Waals surface area (Å²) in [6.07, 6.45) is 2.59. The second-order valence-corrected chi connectivity index (χ2v) is 7.16. The number of Topliss-reactive ketones (excluding diaryl/α,β-unsaturated/α-hetero) is 1. The summed E-state index contributed by atoms with van der Waals surface area (Å²) in [4.78, 5) is 16.6. The Bertz CT molecular complexity index is 1090. The predicted octanol–water partition coefficient (Wildman–Crippen LogP) is 5.11. The van der Waals surface area contributed by atoms with Gasteiger partial charge in [-0.3, -0.25) is 4.79 Å². The lowest BCUT2D eigenvalue weighted by molar-refractivity contribution is 0.0960. The van der Waals surface area contributed by atoms with Crippen molar-refractivity contribution in [3.8, 4) is 0 Å². The van der Waals surface area contributed by atoms with Crippen molar-refractivity contribution >= 4 is 16.7 Å². The average Bonchev–Trinajstić information content (AvgIpc) is 3.19. The standard InChI is InChI=1S/C25H23FN2O/c26-20-12-10-18(11-13-20)14-15-27-16-22(19-6-2-1-3-7-19)25(29)23-17-28-24-9-5-4-8-21(23)24/h1-13,17,22,27-28H,14-16H2. The van der Waals surface area contributed by atoms with Crippen molar-refractivity contribution in [2.24, 2.45) is 0 Å². The van der Waals surface area contributed by atoms with E-state index in [1.165, 1.54) is 12.1 Å². The molecule has 4 rings (SSSR count). The minimum Gasteiger partial charge on any atom is -0.360 e. The maximum Gasteiger partial charge on any atom is 0.173 e. The fraction of sp³-hybridized carbons (Fsp3) is 0.160. The van der Waals surface area contributed by atoms with E-state index < -0.39 is 0 Å². The van der Waals surface area contributed by atoms with Crippen LogP contribution in [0, 0.1) is 5.82 Å². The molecule has 4 heteroatoms. The van der Waals surface area contributed by atoms with Crippen molar-refractivity contribution in [2.45, 2.75) is 12.3 Å². The second-order valence-electron chi connectivity index (χ2n) is 7.16. The van der Waals surface area contributed by atoms with Gasteiger partial charge in [0.2, 0.25) is 0 Å². The molecule has 1 aromatic heterocycles. The molecule has 0 aliphatic heterocycles. The Morgan fingerprint density at radius 2 is 1.66 bits per heavy atom. The zero-order chi connectivity index (χ0) is 20.1. The molecule has 29 heavy (non-hydrogen) atoms. The number of halogens is 1. The topological polar surface area (TPSA) is 44.9 Å². The molecule has 4 aromatic rings. The summed E-state index contributed by atoms with van der Waals surface area (Å²) < 4.78 is 13.0. The van der Waals surface area contributed by atoms with E-state index in [0.717, 1.165) is 40.6 Å². The van der Waals surface area contributed by atoms with Crippen LogP contribution in [0.4, 0.5) is 4.39 Å². The molecule has 0 amide bonds. The predicted molar refractivity (Wildman–Crippen MR) is 115 cm³/mol. The molecule has 0 radical (unpaired) electrons. The molecule has 1 atom stereocenters. The van der Waals surface area contributed by atoms with E-state index in [4.69, 9.17) is 0 Å². The molecular weight excluding hydrogens is 363 g/mol. The van der Waals surface area contributed by atoms with Crippen molar-refractivity contribution in [1.29, 1.82) is 0 Å². The number of carbonyl (C=O) groups excluding carboxylic acids is 1. The molecule has 0 aliphatic carbocycles. The second kappa shape index (κ2) is 8.84. The Morgan fingerprint density at radius 1 is 0.931 bits per heavy atom. The molecule has 1 unspecified atom stereocenters. The number of aromatic nitrogens is 1. The highest BCUT2D eigenvalue weighted by Gasteiger charge is 2.24. The third-order valence-corrected chi connectivity index (χ3v) is 5.23. The number of nitrogens with one attached hydrogen (secondary N) is 2. The molecule has 0 fully saturated rings. The van der Waals surface area contributed by atoms with Crippen LogP contribution < -0.4 is 5.32 Å². The molecule has 0 spiro atoms. The minimum atomic E-state index is -0.274. The lowest BCUT2D eigenvalue weighted by Crippen LogP contribution is -2.28. The van der Waals surface area contributed by atoms with Crippen LogP contribution in [0.1, 0.15) is 27.4 Å². The highest BCUT2D eigenvalue weighted by molar-refractivity contribution is 6.10. The molecule has 3 aromatic carbocycles. The number of rotatable bonds is 8. The fourth-order valence-corrected chi connectivity index (χ4v) is 3.64. The molecular formula is C25H23FN2O. The molecule has 146 valence electrons. The Morgan fingerprint density at radius 3 is 2.45 bits per heavy atom. The number of hydrogen-bond donors (Lipinski definition) is 2. The number of ketones is 1. The molecule has 1 heterocycles. The van der Waals surface area contributed by atoms with Crippen molar-refractivity contribution in [2.75, 3.05) is 13.1 Å². The molecule has 0 saturated heterocycles. The third kappa shape index (κ3) is 4.44. The zero-order valence-electron chi connectivity index (χ0n) is 16.1. The largest absolute Gasteiger partial charge is 0.360 e. The quantitative estimate of drug-likeness (QED) is 0.327. The van der Waals surface area contributed by atoms with E-state index >= 15 is 0 Å². The number of aromatic amines is 1. The molecule has 0 saturated carbocycles. The smallest absolute Gasteiger partial charge is 0.173 e. The van der Waals surface area contributed by atoms with Gasteiger partial charge in [-0.2, -0.15) is 0 Å². The third-order valence-electron chi connectivity index (χ3n) is 5.23. The van der Waals surface area contributed by atoms with Gasteiger partial charge in [0, 0.05) is 29.2 Å². The molecule has 0 aliphatic rings. The number of carbonyl (C=O) groups is 1. The van der Waals surface area contributed by atoms with Crippen LogP contribution in [0.25, 0.3) is 10.9 Å². The first-order valence-electron chi connectivity index (χ1n) is 9.83. The van der Waals surface area contributed by atoms with E-state index in [1.807, 2.05) is 54.6 Å². The Balaban J connectivity index is 1.49. The highest BCUT2D eigenvalue weighted by atomic mass is 19.1. The van der Waals surface area contributed by atoms with Crippen LogP contribution in [0.3, 0.4) is 0 Å². The zero-order valence-corrected chi connectivity index (χ0v) is 16.1. The first-order chi connectivity index (χ1) is 14.2. The van der Waals surface area contributed by atoms with Crippen LogP contribution in [-0.2, 0) is 6.42 Å². The van der Waals surface area contributed by atoms with Gasteiger partial charge in [-0.1, -0.05) is 60.7 Å². The van der Waals surface area contributed by atoms with Crippen LogP contribution in [0.5, 0.6) is 0 Å². The van der Waals surface area contributed by atoms with Crippen LogP contribution in [0.2, 0.25) is 0 Å². The van der Waals surface area contributed by atoms with Crippen molar-refractivity contribution in [3.05, 3.63) is 108 Å². The van der Waals surface area contributed by atoms with Gasteiger partial charge in [0.1, 0.15) is 5.82 Å². The summed E-state index contributed by atoms with van der Waals surface area (Å²) in [5.41, 5.74) is 3.75. The van der Waals surface area contributed by atoms with Gasteiger partial charge < -0.3 is 10.3 Å². The maximum atomic E-state index is 13.4. The van der Waals surface area contributed by atoms with Crippen molar-refractivity contribution in [3.63, 3.8) is 0 Å². The van der Waals surface area contributed by atoms with Gasteiger partial charge >= 0.3 is 0 Å². The highest BCUT2D eigenvalue weighted by Crippen LogP contribution is 2.25. The van der Waals surface area contributed by atoms with E-state index in [1.54, 1.807) is 18.3 Å². The summed E-state index contributed by atoms with van der Waals surface area (Å²) in [7, 11) is 0. The SMILES string of the molecule is O=C(c1c[nH]c2ccccc12)C(CNCCc1ccc(F)cc1)c1ccccc1. The lowest BCUT2D eigenvalue weighted by Gasteiger charge is -2.17. The van der Waals surface area contributed by atoms with Gasteiger partial charge in [0.25, 0.3) is 0 Å². The lowest BCUT2D eigenvalue weighted by atomic mass is 9.90. The fourth-order valence-electron chi connectivity index (χ4n) is 3.64. The van der Waals surface area contributed by atoms with Crippen LogP contribution in [-0.4, -0.2) is 23.9 Å².